The number of aryl methyl sites for hydroxylation is 1. The molecule has 34 heavy (non-hydrogen) atoms. The maximum Gasteiger partial charge on any atom is 0.255 e. The number of benzene rings is 3. The van der Waals surface area contributed by atoms with Crippen molar-refractivity contribution >= 4 is 28.3 Å². The van der Waals surface area contributed by atoms with Crippen molar-refractivity contribution in [2.75, 3.05) is 29.9 Å². The number of amides is 1. The molecule has 4 aromatic rings. The van der Waals surface area contributed by atoms with Gasteiger partial charge in [0, 0.05) is 30.0 Å². The zero-order valence-corrected chi connectivity index (χ0v) is 20.2. The van der Waals surface area contributed by atoms with Crippen LogP contribution in [0, 0.1) is 6.92 Å². The number of hydrogen-bond acceptors (Lipinski definition) is 5. The van der Waals surface area contributed by atoms with Gasteiger partial charge in [-0.05, 0) is 87.4 Å². The van der Waals surface area contributed by atoms with E-state index in [-0.39, 0.29) is 5.91 Å². The second-order valence-electron chi connectivity index (χ2n) is 8.16. The van der Waals surface area contributed by atoms with Crippen molar-refractivity contribution < 1.29 is 9.53 Å². The summed E-state index contributed by atoms with van der Waals surface area (Å²) < 4.78 is 5.65. The van der Waals surface area contributed by atoms with Crippen molar-refractivity contribution in [2.24, 2.45) is 0 Å². The standard InChI is InChI=1S/C27H31N5O2/c1-5-15-34-23-10-8-9-20(17-23)27(33)28-24-18-26-25(16-19(24)4)29-32(30-26)22-13-11-21(12-14-22)31(6-2)7-3/h8-14,16-18H,5-7,15H2,1-4H3,(H,28,33). The summed E-state index contributed by atoms with van der Waals surface area (Å²) in [6, 6.07) is 19.3. The molecule has 0 saturated heterocycles. The highest BCUT2D eigenvalue weighted by atomic mass is 16.5. The average molecular weight is 458 g/mol. The van der Waals surface area contributed by atoms with E-state index >= 15 is 0 Å². The summed E-state index contributed by atoms with van der Waals surface area (Å²) in [5.74, 6) is 0.500. The molecule has 4 rings (SSSR count). The quantitative estimate of drug-likeness (QED) is 0.353. The van der Waals surface area contributed by atoms with E-state index < -0.39 is 0 Å². The summed E-state index contributed by atoms with van der Waals surface area (Å²) in [6.45, 7) is 10.8. The SMILES string of the molecule is CCCOc1cccc(C(=O)Nc2cc3nn(-c4ccc(N(CC)CC)cc4)nc3cc2C)c1. The molecule has 1 amide bonds. The van der Waals surface area contributed by atoms with Gasteiger partial charge in [-0.3, -0.25) is 4.79 Å². The van der Waals surface area contributed by atoms with E-state index in [9.17, 15) is 4.79 Å². The molecule has 0 fully saturated rings. The van der Waals surface area contributed by atoms with Gasteiger partial charge in [-0.15, -0.1) is 10.2 Å². The molecule has 1 N–H and O–H groups in total. The topological polar surface area (TPSA) is 72.3 Å². The lowest BCUT2D eigenvalue weighted by Crippen LogP contribution is -2.21. The van der Waals surface area contributed by atoms with Gasteiger partial charge in [0.2, 0.25) is 0 Å². The Morgan fingerprint density at radius 3 is 2.35 bits per heavy atom. The molecule has 7 heteroatoms. The first-order valence-electron chi connectivity index (χ1n) is 11.8. The number of carbonyl (C=O) groups excluding carboxylic acids is 1. The van der Waals surface area contributed by atoms with Crippen LogP contribution in [0.3, 0.4) is 0 Å². The highest BCUT2D eigenvalue weighted by molar-refractivity contribution is 6.05. The van der Waals surface area contributed by atoms with E-state index in [1.807, 2.05) is 50.2 Å². The number of rotatable bonds is 9. The normalized spacial score (nSPS) is 10.9. The fraction of sp³-hybridized carbons (Fsp3) is 0.296. The summed E-state index contributed by atoms with van der Waals surface area (Å²) in [4.78, 5) is 16.8. The van der Waals surface area contributed by atoms with E-state index in [4.69, 9.17) is 4.74 Å². The zero-order chi connectivity index (χ0) is 24.1. The van der Waals surface area contributed by atoms with Crippen molar-refractivity contribution in [3.05, 3.63) is 71.8 Å². The van der Waals surface area contributed by atoms with Crippen molar-refractivity contribution in [1.29, 1.82) is 0 Å². The largest absolute Gasteiger partial charge is 0.494 e. The smallest absolute Gasteiger partial charge is 0.255 e. The number of nitrogens with one attached hydrogen (secondary N) is 1. The Balaban J connectivity index is 1.55. The van der Waals surface area contributed by atoms with E-state index in [0.29, 0.717) is 29.1 Å². The summed E-state index contributed by atoms with van der Waals surface area (Å²) >= 11 is 0. The molecule has 0 atom stereocenters. The fourth-order valence-corrected chi connectivity index (χ4v) is 3.85. The second-order valence-corrected chi connectivity index (χ2v) is 8.16. The summed E-state index contributed by atoms with van der Waals surface area (Å²) in [5, 5.41) is 12.3. The van der Waals surface area contributed by atoms with Crippen LogP contribution >= 0.6 is 0 Å². The molecule has 0 aliphatic rings. The maximum atomic E-state index is 12.9. The van der Waals surface area contributed by atoms with E-state index in [1.165, 1.54) is 5.69 Å². The summed E-state index contributed by atoms with van der Waals surface area (Å²) in [7, 11) is 0. The van der Waals surface area contributed by atoms with Gasteiger partial charge in [-0.1, -0.05) is 13.0 Å². The van der Waals surface area contributed by atoms with Crippen molar-refractivity contribution in [3.8, 4) is 11.4 Å². The van der Waals surface area contributed by atoms with Crippen molar-refractivity contribution in [3.63, 3.8) is 0 Å². The molecule has 1 heterocycles. The van der Waals surface area contributed by atoms with Gasteiger partial charge in [-0.2, -0.15) is 4.80 Å². The highest BCUT2D eigenvalue weighted by Gasteiger charge is 2.13. The second kappa shape index (κ2) is 10.4. The molecule has 0 bridgehead atoms. The summed E-state index contributed by atoms with van der Waals surface area (Å²) in [5.41, 5.74) is 5.73. The van der Waals surface area contributed by atoms with Crippen LogP contribution in [0.1, 0.15) is 43.1 Å². The van der Waals surface area contributed by atoms with Crippen LogP contribution in [-0.2, 0) is 0 Å². The van der Waals surface area contributed by atoms with Crippen LogP contribution < -0.4 is 15.0 Å². The van der Waals surface area contributed by atoms with Gasteiger partial charge in [-0.25, -0.2) is 0 Å². The Kier molecular flexibility index (Phi) is 7.11. The maximum absolute atomic E-state index is 12.9. The Labute approximate surface area is 200 Å². The first kappa shape index (κ1) is 23.3. The highest BCUT2D eigenvalue weighted by Crippen LogP contribution is 2.24. The van der Waals surface area contributed by atoms with Gasteiger partial charge in [0.05, 0.1) is 12.3 Å². The molecule has 0 unspecified atom stereocenters. The van der Waals surface area contributed by atoms with E-state index in [1.54, 1.807) is 16.9 Å². The van der Waals surface area contributed by atoms with Crippen LogP contribution in [0.15, 0.2) is 60.7 Å². The Hall–Kier alpha value is -3.87. The molecule has 7 nitrogen and oxygen atoms in total. The number of fused-ring (bicyclic) bond motifs is 1. The molecular weight excluding hydrogens is 426 g/mol. The molecule has 0 radical (unpaired) electrons. The fourth-order valence-electron chi connectivity index (χ4n) is 3.85. The molecule has 0 spiro atoms. The van der Waals surface area contributed by atoms with Crippen LogP contribution in [0.25, 0.3) is 16.7 Å². The molecule has 0 aliphatic carbocycles. The van der Waals surface area contributed by atoms with Crippen LogP contribution in [0.2, 0.25) is 0 Å². The number of carbonyl (C=O) groups is 1. The van der Waals surface area contributed by atoms with Gasteiger partial charge in [0.1, 0.15) is 16.8 Å². The third-order valence-corrected chi connectivity index (χ3v) is 5.75. The minimum absolute atomic E-state index is 0.191. The minimum Gasteiger partial charge on any atom is -0.494 e. The van der Waals surface area contributed by atoms with Crippen LogP contribution in [0.5, 0.6) is 5.75 Å². The van der Waals surface area contributed by atoms with E-state index in [2.05, 4.69) is 46.4 Å². The van der Waals surface area contributed by atoms with Gasteiger partial charge in [0.15, 0.2) is 0 Å². The number of hydrogen-bond donors (Lipinski definition) is 1. The van der Waals surface area contributed by atoms with Gasteiger partial charge in [0.25, 0.3) is 5.91 Å². The van der Waals surface area contributed by atoms with Gasteiger partial charge < -0.3 is 15.0 Å². The Morgan fingerprint density at radius 2 is 1.68 bits per heavy atom. The van der Waals surface area contributed by atoms with Crippen molar-refractivity contribution in [2.45, 2.75) is 34.1 Å². The Bertz CT molecular complexity index is 1280. The van der Waals surface area contributed by atoms with Crippen LogP contribution in [-0.4, -0.2) is 40.6 Å². The van der Waals surface area contributed by atoms with Crippen LogP contribution in [0.4, 0.5) is 11.4 Å². The third-order valence-electron chi connectivity index (χ3n) is 5.75. The third kappa shape index (κ3) is 5.03. The minimum atomic E-state index is -0.191. The number of anilines is 2. The van der Waals surface area contributed by atoms with E-state index in [0.717, 1.165) is 36.3 Å². The predicted molar refractivity (Wildman–Crippen MR) is 137 cm³/mol. The first-order chi connectivity index (χ1) is 16.5. The zero-order valence-electron chi connectivity index (χ0n) is 20.2. The molecular formula is C27H31N5O2. The lowest BCUT2D eigenvalue weighted by Gasteiger charge is -2.20. The monoisotopic (exact) mass is 457 g/mol. The lowest BCUT2D eigenvalue weighted by molar-refractivity contribution is 0.102. The van der Waals surface area contributed by atoms with Crippen molar-refractivity contribution in [1.82, 2.24) is 15.0 Å². The molecule has 0 aliphatic heterocycles. The number of nitrogens with zero attached hydrogens (tertiary/aromatic N) is 4. The first-order valence-corrected chi connectivity index (χ1v) is 11.8. The number of aromatic nitrogens is 3. The predicted octanol–water partition coefficient (Wildman–Crippen LogP) is 5.62. The van der Waals surface area contributed by atoms with Gasteiger partial charge >= 0.3 is 0 Å². The number of ether oxygens (including phenoxy) is 1. The lowest BCUT2D eigenvalue weighted by atomic mass is 10.1. The average Bonchev–Trinajstić information content (AvgIpc) is 3.27. The summed E-state index contributed by atoms with van der Waals surface area (Å²) in [6.07, 6.45) is 0.913. The molecule has 1 aromatic heterocycles. The Morgan fingerprint density at radius 1 is 0.971 bits per heavy atom. The molecule has 0 saturated carbocycles. The molecule has 3 aromatic carbocycles. The molecule has 176 valence electrons.